The van der Waals surface area contributed by atoms with E-state index < -0.39 is 5.60 Å². The molecule has 0 atom stereocenters. The van der Waals surface area contributed by atoms with E-state index >= 15 is 0 Å². The van der Waals surface area contributed by atoms with Gasteiger partial charge in [0, 0.05) is 12.1 Å². The molecule has 0 fully saturated rings. The van der Waals surface area contributed by atoms with Gasteiger partial charge < -0.3 is 14.0 Å². The van der Waals surface area contributed by atoms with Crippen LogP contribution in [0.5, 0.6) is 5.75 Å². The fourth-order valence-electron chi connectivity index (χ4n) is 2.93. The fraction of sp³-hybridized carbons (Fsp3) is 0.348. The van der Waals surface area contributed by atoms with Crippen LogP contribution < -0.4 is 4.74 Å². The lowest BCUT2D eigenvalue weighted by Gasteiger charge is -2.19. The van der Waals surface area contributed by atoms with Crippen LogP contribution in [-0.4, -0.2) is 39.2 Å². The van der Waals surface area contributed by atoms with E-state index in [1.165, 1.54) is 17.3 Å². The van der Waals surface area contributed by atoms with Crippen molar-refractivity contribution >= 4 is 17.7 Å². The summed E-state index contributed by atoms with van der Waals surface area (Å²) in [6.45, 7) is 6.29. The third-order valence-corrected chi connectivity index (χ3v) is 5.21. The molecule has 1 heterocycles. The second-order valence-corrected chi connectivity index (χ2v) is 8.74. The van der Waals surface area contributed by atoms with Crippen LogP contribution in [0.25, 0.3) is 11.4 Å². The molecule has 0 N–H and O–H groups in total. The number of hydrogen-bond donors (Lipinski definition) is 0. The Morgan fingerprint density at radius 1 is 1.03 bits per heavy atom. The second kappa shape index (κ2) is 9.80. The molecule has 0 aliphatic heterocycles. The average Bonchev–Trinajstić information content (AvgIpc) is 3.13. The van der Waals surface area contributed by atoms with Gasteiger partial charge in [0.05, 0.1) is 12.9 Å². The molecular formula is C23H27N3O3S. The molecular weight excluding hydrogens is 398 g/mol. The number of esters is 1. The van der Waals surface area contributed by atoms with Crippen molar-refractivity contribution in [3.05, 3.63) is 60.2 Å². The minimum atomic E-state index is -0.507. The molecule has 0 amide bonds. The second-order valence-electron chi connectivity index (χ2n) is 7.80. The van der Waals surface area contributed by atoms with Crippen molar-refractivity contribution in [2.24, 2.45) is 0 Å². The minimum Gasteiger partial charge on any atom is -0.497 e. The van der Waals surface area contributed by atoms with Crippen LogP contribution in [0.2, 0.25) is 0 Å². The normalized spacial score (nSPS) is 11.3. The van der Waals surface area contributed by atoms with Gasteiger partial charge in [-0.1, -0.05) is 42.1 Å². The van der Waals surface area contributed by atoms with Gasteiger partial charge >= 0.3 is 5.97 Å². The number of nitrogens with zero attached hydrogens (tertiary/aromatic N) is 3. The van der Waals surface area contributed by atoms with E-state index in [0.29, 0.717) is 11.7 Å². The summed E-state index contributed by atoms with van der Waals surface area (Å²) in [4.78, 5) is 12.2. The Morgan fingerprint density at radius 3 is 2.37 bits per heavy atom. The van der Waals surface area contributed by atoms with E-state index in [0.717, 1.165) is 23.6 Å². The molecule has 0 spiro atoms. The van der Waals surface area contributed by atoms with Gasteiger partial charge in [0.2, 0.25) is 0 Å². The van der Waals surface area contributed by atoms with Crippen LogP contribution in [0.15, 0.2) is 59.8 Å². The van der Waals surface area contributed by atoms with Gasteiger partial charge in [0.15, 0.2) is 11.0 Å². The molecule has 30 heavy (non-hydrogen) atoms. The number of carbonyl (C=O) groups excluding carboxylic acids is 1. The van der Waals surface area contributed by atoms with Crippen molar-refractivity contribution in [1.82, 2.24) is 14.8 Å². The zero-order chi connectivity index (χ0) is 21.6. The first kappa shape index (κ1) is 21.9. The number of benzene rings is 2. The predicted octanol–water partition coefficient (Wildman–Crippen LogP) is 4.63. The maximum absolute atomic E-state index is 12.2. The van der Waals surface area contributed by atoms with E-state index in [2.05, 4.69) is 26.9 Å². The van der Waals surface area contributed by atoms with E-state index in [1.807, 2.05) is 63.2 Å². The van der Waals surface area contributed by atoms with Crippen molar-refractivity contribution in [2.45, 2.75) is 44.5 Å². The van der Waals surface area contributed by atoms with E-state index in [4.69, 9.17) is 9.47 Å². The monoisotopic (exact) mass is 425 g/mol. The Morgan fingerprint density at radius 2 is 1.73 bits per heavy atom. The maximum atomic E-state index is 12.2. The van der Waals surface area contributed by atoms with Gasteiger partial charge in [-0.25, -0.2) is 0 Å². The van der Waals surface area contributed by atoms with Crippen molar-refractivity contribution in [2.75, 3.05) is 12.9 Å². The number of rotatable bonds is 8. The lowest BCUT2D eigenvalue weighted by molar-refractivity contribution is -0.151. The zero-order valence-corrected chi connectivity index (χ0v) is 18.6. The van der Waals surface area contributed by atoms with Gasteiger partial charge in [-0.2, -0.15) is 0 Å². The minimum absolute atomic E-state index is 0.184. The number of carbonyl (C=O) groups is 1. The molecule has 0 saturated heterocycles. The number of methoxy groups -OCH3 is 1. The standard InChI is InChI=1S/C23H27N3O3S/c1-23(2,3)29-20(27)16-30-22-25-24-21(18-10-12-19(28-4)13-11-18)26(22)15-14-17-8-6-5-7-9-17/h5-13H,14-16H2,1-4H3. The summed E-state index contributed by atoms with van der Waals surface area (Å²) >= 11 is 1.34. The van der Waals surface area contributed by atoms with Crippen molar-refractivity contribution < 1.29 is 14.3 Å². The summed E-state index contributed by atoms with van der Waals surface area (Å²) in [5.74, 6) is 1.47. The van der Waals surface area contributed by atoms with E-state index in [9.17, 15) is 4.79 Å². The fourth-order valence-corrected chi connectivity index (χ4v) is 3.67. The topological polar surface area (TPSA) is 66.2 Å². The van der Waals surface area contributed by atoms with Gasteiger partial charge in [-0.3, -0.25) is 4.79 Å². The number of hydrogen-bond acceptors (Lipinski definition) is 6. The highest BCUT2D eigenvalue weighted by Crippen LogP contribution is 2.26. The summed E-state index contributed by atoms with van der Waals surface area (Å²) in [5, 5.41) is 9.46. The first-order valence-electron chi connectivity index (χ1n) is 9.82. The Kier molecular flexibility index (Phi) is 7.15. The number of thioether (sulfide) groups is 1. The van der Waals surface area contributed by atoms with Crippen molar-refractivity contribution in [3.8, 4) is 17.1 Å². The molecule has 158 valence electrons. The zero-order valence-electron chi connectivity index (χ0n) is 17.8. The molecule has 3 rings (SSSR count). The Labute approximate surface area is 181 Å². The smallest absolute Gasteiger partial charge is 0.316 e. The molecule has 2 aromatic carbocycles. The first-order chi connectivity index (χ1) is 14.4. The SMILES string of the molecule is COc1ccc(-c2nnc(SCC(=O)OC(C)(C)C)n2CCc2ccccc2)cc1. The molecule has 7 heteroatoms. The van der Waals surface area contributed by atoms with Crippen molar-refractivity contribution in [3.63, 3.8) is 0 Å². The van der Waals surface area contributed by atoms with Gasteiger partial charge in [-0.15, -0.1) is 10.2 Å². The molecule has 1 aromatic heterocycles. The van der Waals surface area contributed by atoms with E-state index in [-0.39, 0.29) is 11.7 Å². The quantitative estimate of drug-likeness (QED) is 0.387. The number of ether oxygens (including phenoxy) is 2. The van der Waals surface area contributed by atoms with Crippen molar-refractivity contribution in [1.29, 1.82) is 0 Å². The summed E-state index contributed by atoms with van der Waals surface area (Å²) < 4.78 is 12.7. The Bertz CT molecular complexity index is 964. The highest BCUT2D eigenvalue weighted by atomic mass is 32.2. The summed E-state index contributed by atoms with van der Waals surface area (Å²) in [6.07, 6.45) is 0.835. The predicted molar refractivity (Wildman–Crippen MR) is 119 cm³/mol. The largest absolute Gasteiger partial charge is 0.497 e. The van der Waals surface area contributed by atoms with Gasteiger partial charge in [-0.05, 0) is 57.0 Å². The summed E-state index contributed by atoms with van der Waals surface area (Å²) in [5.41, 5.74) is 1.67. The summed E-state index contributed by atoms with van der Waals surface area (Å²) in [7, 11) is 1.64. The summed E-state index contributed by atoms with van der Waals surface area (Å²) in [6, 6.07) is 18.0. The third-order valence-electron chi connectivity index (χ3n) is 4.27. The van der Waals surface area contributed by atoms with Crippen LogP contribution in [0, 0.1) is 0 Å². The molecule has 0 aliphatic carbocycles. The van der Waals surface area contributed by atoms with Crippen LogP contribution in [0.1, 0.15) is 26.3 Å². The molecule has 6 nitrogen and oxygen atoms in total. The molecule has 0 radical (unpaired) electrons. The third kappa shape index (κ3) is 6.10. The Hall–Kier alpha value is -2.80. The number of aryl methyl sites for hydroxylation is 1. The molecule has 0 aliphatic rings. The van der Waals surface area contributed by atoms with Crippen LogP contribution in [-0.2, 0) is 22.5 Å². The highest BCUT2D eigenvalue weighted by molar-refractivity contribution is 7.99. The highest BCUT2D eigenvalue weighted by Gasteiger charge is 2.19. The Balaban J connectivity index is 1.82. The van der Waals surface area contributed by atoms with Gasteiger partial charge in [0.25, 0.3) is 0 Å². The van der Waals surface area contributed by atoms with E-state index in [1.54, 1.807) is 7.11 Å². The maximum Gasteiger partial charge on any atom is 0.316 e. The average molecular weight is 426 g/mol. The van der Waals surface area contributed by atoms with Crippen LogP contribution in [0.3, 0.4) is 0 Å². The van der Waals surface area contributed by atoms with Gasteiger partial charge in [0.1, 0.15) is 11.4 Å². The molecule has 3 aromatic rings. The first-order valence-corrected chi connectivity index (χ1v) is 10.8. The number of aromatic nitrogens is 3. The lowest BCUT2D eigenvalue weighted by atomic mass is 10.1. The molecule has 0 bridgehead atoms. The molecule has 0 saturated carbocycles. The van der Waals surface area contributed by atoms with Crippen LogP contribution >= 0.6 is 11.8 Å². The van der Waals surface area contributed by atoms with Crippen LogP contribution in [0.4, 0.5) is 0 Å². The lowest BCUT2D eigenvalue weighted by Crippen LogP contribution is -2.25. The molecule has 0 unspecified atom stereocenters.